The summed E-state index contributed by atoms with van der Waals surface area (Å²) in [5.74, 6) is 1.80. The Balaban J connectivity index is 2.33. The van der Waals surface area contributed by atoms with E-state index in [9.17, 15) is 0 Å². The second kappa shape index (κ2) is 2.79. The van der Waals surface area contributed by atoms with E-state index in [0.717, 1.165) is 31.3 Å². The molecular formula is C8H13N3O. The second-order valence-electron chi connectivity index (χ2n) is 2.97. The van der Waals surface area contributed by atoms with Crippen molar-refractivity contribution in [3.63, 3.8) is 0 Å². The lowest BCUT2D eigenvalue weighted by atomic mass is 10.2. The number of hydrogen-bond donors (Lipinski definition) is 1. The molecule has 0 saturated heterocycles. The molecule has 1 unspecified atom stereocenters. The summed E-state index contributed by atoms with van der Waals surface area (Å²) < 4.78 is 7.37. The lowest BCUT2D eigenvalue weighted by Gasteiger charge is -2.07. The highest BCUT2D eigenvalue weighted by Crippen LogP contribution is 2.23. The summed E-state index contributed by atoms with van der Waals surface area (Å²) >= 11 is 0. The highest BCUT2D eigenvalue weighted by molar-refractivity contribution is 5.16. The van der Waals surface area contributed by atoms with Gasteiger partial charge in [0.1, 0.15) is 12.4 Å². The van der Waals surface area contributed by atoms with E-state index in [0.29, 0.717) is 0 Å². The Kier molecular flexibility index (Phi) is 1.77. The number of aromatic nitrogens is 2. The van der Waals surface area contributed by atoms with E-state index in [1.165, 1.54) is 0 Å². The fourth-order valence-corrected chi connectivity index (χ4v) is 1.43. The highest BCUT2D eigenvalue weighted by Gasteiger charge is 2.19. The van der Waals surface area contributed by atoms with Gasteiger partial charge in [0.2, 0.25) is 5.88 Å². The van der Waals surface area contributed by atoms with Crippen molar-refractivity contribution in [1.82, 2.24) is 9.55 Å². The van der Waals surface area contributed by atoms with Crippen molar-refractivity contribution in [2.75, 3.05) is 6.61 Å². The topological polar surface area (TPSA) is 53.1 Å². The first-order valence-electron chi connectivity index (χ1n) is 4.26. The Morgan fingerprint density at radius 1 is 1.83 bits per heavy atom. The summed E-state index contributed by atoms with van der Waals surface area (Å²) in [5.41, 5.74) is 5.87. The molecule has 12 heavy (non-hydrogen) atoms. The number of rotatable bonds is 2. The Hall–Kier alpha value is -1.03. The summed E-state index contributed by atoms with van der Waals surface area (Å²) in [7, 11) is 0. The minimum absolute atomic E-state index is 0.0421. The van der Waals surface area contributed by atoms with Gasteiger partial charge >= 0.3 is 0 Å². The van der Waals surface area contributed by atoms with Crippen LogP contribution in [0.1, 0.15) is 25.2 Å². The Morgan fingerprint density at radius 3 is 3.42 bits per heavy atom. The SMILES string of the molecule is CCC(N)c1ncc2n1CCO2. The molecule has 4 nitrogen and oxygen atoms in total. The lowest BCUT2D eigenvalue weighted by molar-refractivity contribution is 0.355. The third-order valence-electron chi connectivity index (χ3n) is 2.19. The first-order chi connectivity index (χ1) is 5.83. The summed E-state index contributed by atoms with van der Waals surface area (Å²) in [6, 6.07) is 0.0421. The normalized spacial score (nSPS) is 17.2. The maximum Gasteiger partial charge on any atom is 0.214 e. The van der Waals surface area contributed by atoms with E-state index in [4.69, 9.17) is 10.5 Å². The number of imidazole rings is 1. The van der Waals surface area contributed by atoms with Crippen LogP contribution in [-0.2, 0) is 6.54 Å². The van der Waals surface area contributed by atoms with Gasteiger partial charge in [-0.2, -0.15) is 0 Å². The molecule has 2 N–H and O–H groups in total. The fourth-order valence-electron chi connectivity index (χ4n) is 1.43. The number of nitrogens with zero attached hydrogens (tertiary/aromatic N) is 2. The zero-order valence-electron chi connectivity index (χ0n) is 7.16. The highest BCUT2D eigenvalue weighted by atomic mass is 16.5. The van der Waals surface area contributed by atoms with Crippen LogP contribution in [0.2, 0.25) is 0 Å². The van der Waals surface area contributed by atoms with Crippen molar-refractivity contribution < 1.29 is 4.74 Å². The van der Waals surface area contributed by atoms with E-state index in [1.807, 2.05) is 4.57 Å². The molecule has 1 aromatic heterocycles. The molecule has 0 aliphatic carbocycles. The minimum Gasteiger partial charge on any atom is -0.476 e. The molecule has 4 heteroatoms. The average Bonchev–Trinajstić information content (AvgIpc) is 2.62. The first kappa shape index (κ1) is 7.61. The van der Waals surface area contributed by atoms with Crippen molar-refractivity contribution in [1.29, 1.82) is 0 Å². The molecular weight excluding hydrogens is 154 g/mol. The maximum atomic E-state index is 5.87. The van der Waals surface area contributed by atoms with Crippen molar-refractivity contribution in [2.45, 2.75) is 25.9 Å². The molecule has 1 aliphatic rings. The largest absolute Gasteiger partial charge is 0.476 e. The third-order valence-corrected chi connectivity index (χ3v) is 2.19. The van der Waals surface area contributed by atoms with Gasteiger partial charge in [-0.25, -0.2) is 4.98 Å². The first-order valence-corrected chi connectivity index (χ1v) is 4.26. The monoisotopic (exact) mass is 167 g/mol. The van der Waals surface area contributed by atoms with E-state index >= 15 is 0 Å². The standard InChI is InChI=1S/C8H13N3O/c1-2-6(9)8-10-5-7-11(8)3-4-12-7/h5-6H,2-4,9H2,1H3. The lowest BCUT2D eigenvalue weighted by Crippen LogP contribution is -2.15. The number of ether oxygens (including phenoxy) is 1. The van der Waals surface area contributed by atoms with Crippen LogP contribution in [0.4, 0.5) is 0 Å². The van der Waals surface area contributed by atoms with Crippen LogP contribution in [0.5, 0.6) is 5.88 Å². The molecule has 0 fully saturated rings. The molecule has 0 radical (unpaired) electrons. The van der Waals surface area contributed by atoms with Gasteiger partial charge in [-0.05, 0) is 6.42 Å². The molecule has 0 aromatic carbocycles. The molecule has 2 heterocycles. The molecule has 0 saturated carbocycles. The zero-order valence-corrected chi connectivity index (χ0v) is 7.16. The number of hydrogen-bond acceptors (Lipinski definition) is 3. The van der Waals surface area contributed by atoms with Crippen LogP contribution in [0.25, 0.3) is 0 Å². The van der Waals surface area contributed by atoms with E-state index < -0.39 is 0 Å². The van der Waals surface area contributed by atoms with Crippen LogP contribution >= 0.6 is 0 Å². The van der Waals surface area contributed by atoms with Crippen LogP contribution in [-0.4, -0.2) is 16.2 Å². The van der Waals surface area contributed by atoms with Gasteiger partial charge in [-0.1, -0.05) is 6.92 Å². The van der Waals surface area contributed by atoms with Gasteiger partial charge in [0, 0.05) is 0 Å². The number of fused-ring (bicyclic) bond motifs is 1. The van der Waals surface area contributed by atoms with Gasteiger partial charge < -0.3 is 10.5 Å². The molecule has 1 atom stereocenters. The minimum atomic E-state index is 0.0421. The predicted octanol–water partition coefficient (Wildman–Crippen LogP) is 0.685. The van der Waals surface area contributed by atoms with E-state index in [1.54, 1.807) is 6.20 Å². The van der Waals surface area contributed by atoms with Gasteiger partial charge in [-0.15, -0.1) is 0 Å². The Morgan fingerprint density at radius 2 is 2.67 bits per heavy atom. The smallest absolute Gasteiger partial charge is 0.214 e. The summed E-state index contributed by atoms with van der Waals surface area (Å²) in [6.07, 6.45) is 2.66. The van der Waals surface area contributed by atoms with Gasteiger partial charge in [0.25, 0.3) is 0 Å². The molecule has 1 aromatic rings. The Bertz CT molecular complexity index is 282. The summed E-state index contributed by atoms with van der Waals surface area (Å²) in [5, 5.41) is 0. The van der Waals surface area contributed by atoms with Crippen LogP contribution in [0.15, 0.2) is 6.20 Å². The van der Waals surface area contributed by atoms with Crippen LogP contribution < -0.4 is 10.5 Å². The molecule has 0 spiro atoms. The molecule has 66 valence electrons. The van der Waals surface area contributed by atoms with E-state index in [2.05, 4.69) is 11.9 Å². The van der Waals surface area contributed by atoms with Crippen LogP contribution in [0, 0.1) is 0 Å². The summed E-state index contributed by atoms with van der Waals surface area (Å²) in [4.78, 5) is 4.22. The van der Waals surface area contributed by atoms with Crippen molar-refractivity contribution in [3.05, 3.63) is 12.0 Å². The maximum absolute atomic E-state index is 5.87. The average molecular weight is 167 g/mol. The van der Waals surface area contributed by atoms with Crippen molar-refractivity contribution in [3.8, 4) is 5.88 Å². The van der Waals surface area contributed by atoms with Gasteiger partial charge in [0.15, 0.2) is 0 Å². The number of nitrogens with two attached hydrogens (primary N) is 1. The molecule has 2 rings (SSSR count). The van der Waals surface area contributed by atoms with Gasteiger partial charge in [0.05, 0.1) is 18.8 Å². The fraction of sp³-hybridized carbons (Fsp3) is 0.625. The van der Waals surface area contributed by atoms with Crippen LogP contribution in [0.3, 0.4) is 0 Å². The van der Waals surface area contributed by atoms with Gasteiger partial charge in [-0.3, -0.25) is 4.57 Å². The second-order valence-corrected chi connectivity index (χ2v) is 2.97. The molecule has 0 bridgehead atoms. The summed E-state index contributed by atoms with van der Waals surface area (Å²) in [6.45, 7) is 3.70. The molecule has 1 aliphatic heterocycles. The molecule has 0 amide bonds. The third kappa shape index (κ3) is 0.992. The Labute approximate surface area is 71.3 Å². The predicted molar refractivity (Wildman–Crippen MR) is 44.9 cm³/mol. The van der Waals surface area contributed by atoms with Crippen molar-refractivity contribution >= 4 is 0 Å². The quantitative estimate of drug-likeness (QED) is 0.705. The van der Waals surface area contributed by atoms with Crippen molar-refractivity contribution in [2.24, 2.45) is 5.73 Å². The van der Waals surface area contributed by atoms with E-state index in [-0.39, 0.29) is 6.04 Å². The zero-order chi connectivity index (χ0) is 8.55.